The number of carboxylic acid groups (broad SMARTS) is 1. The number of carboxylic acids is 1. The molecule has 1 aliphatic rings. The van der Waals surface area contributed by atoms with Crippen molar-refractivity contribution in [3.8, 4) is 0 Å². The quantitative estimate of drug-likeness (QED) is 0.858. The number of allylic oxidation sites excluding steroid dienone is 2. The molecule has 0 fully saturated rings. The van der Waals surface area contributed by atoms with Crippen LogP contribution in [0, 0.1) is 18.8 Å². The number of aliphatic carboxylic acids is 1. The van der Waals surface area contributed by atoms with Gasteiger partial charge < -0.3 is 15.2 Å². The van der Waals surface area contributed by atoms with E-state index in [2.05, 4.69) is 5.32 Å². The normalized spacial score (nSPS) is 21.0. The van der Waals surface area contributed by atoms with Crippen LogP contribution in [0.15, 0.2) is 30.4 Å². The molecule has 0 aromatic heterocycles. The van der Waals surface area contributed by atoms with Gasteiger partial charge in [0, 0.05) is 17.6 Å². The summed E-state index contributed by atoms with van der Waals surface area (Å²) < 4.78 is 0. The van der Waals surface area contributed by atoms with Gasteiger partial charge in [-0.05, 0) is 37.3 Å². The number of benzene rings is 1. The van der Waals surface area contributed by atoms with Crippen LogP contribution in [0.4, 0.5) is 5.69 Å². The van der Waals surface area contributed by atoms with E-state index in [0.29, 0.717) is 12.8 Å². The summed E-state index contributed by atoms with van der Waals surface area (Å²) in [4.78, 5) is 23.7. The first kappa shape index (κ1) is 15.3. The number of carbonyl (C=O) groups excluding carboxylic acids is 2. The molecule has 0 spiro atoms. The van der Waals surface area contributed by atoms with Crippen molar-refractivity contribution in [1.82, 2.24) is 0 Å². The Bertz CT molecular complexity index is 577. The minimum Gasteiger partial charge on any atom is -0.550 e. The van der Waals surface area contributed by atoms with Crippen LogP contribution in [0.5, 0.6) is 0 Å². The lowest BCUT2D eigenvalue weighted by Gasteiger charge is -2.28. The van der Waals surface area contributed by atoms with Crippen LogP contribution < -0.4 is 10.4 Å². The van der Waals surface area contributed by atoms with Crippen molar-refractivity contribution in [2.75, 3.05) is 5.32 Å². The molecule has 0 bridgehead atoms. The fraction of sp³-hybridized carbons (Fsp3) is 0.412. The lowest BCUT2D eigenvalue weighted by Crippen LogP contribution is -2.41. The monoisotopic (exact) mass is 286 g/mol. The topological polar surface area (TPSA) is 69.2 Å². The highest BCUT2D eigenvalue weighted by Gasteiger charge is 2.30. The summed E-state index contributed by atoms with van der Waals surface area (Å²) in [6, 6.07) is 5.86. The van der Waals surface area contributed by atoms with Gasteiger partial charge in [0.15, 0.2) is 0 Å². The van der Waals surface area contributed by atoms with E-state index in [1.807, 2.05) is 38.1 Å². The van der Waals surface area contributed by atoms with Crippen LogP contribution in [0.1, 0.15) is 30.9 Å². The van der Waals surface area contributed by atoms with Crippen molar-refractivity contribution in [3.63, 3.8) is 0 Å². The maximum atomic E-state index is 12.5. The first-order valence-electron chi connectivity index (χ1n) is 7.29. The number of anilines is 1. The minimum atomic E-state index is -1.15. The maximum absolute atomic E-state index is 12.5. The van der Waals surface area contributed by atoms with Crippen LogP contribution >= 0.6 is 0 Å². The number of aryl methyl sites for hydroxylation is 2. The van der Waals surface area contributed by atoms with Gasteiger partial charge >= 0.3 is 0 Å². The van der Waals surface area contributed by atoms with Gasteiger partial charge in [0.1, 0.15) is 0 Å². The van der Waals surface area contributed by atoms with Crippen molar-refractivity contribution in [2.45, 2.75) is 33.1 Å². The van der Waals surface area contributed by atoms with E-state index in [1.54, 1.807) is 6.08 Å². The van der Waals surface area contributed by atoms with E-state index in [-0.39, 0.29) is 5.91 Å². The summed E-state index contributed by atoms with van der Waals surface area (Å²) in [5, 5.41) is 14.1. The average Bonchev–Trinajstić information content (AvgIpc) is 2.49. The second-order valence-electron chi connectivity index (χ2n) is 5.43. The molecule has 1 aromatic carbocycles. The second kappa shape index (κ2) is 6.57. The molecule has 0 saturated carbocycles. The summed E-state index contributed by atoms with van der Waals surface area (Å²) >= 11 is 0. The largest absolute Gasteiger partial charge is 0.550 e. The lowest BCUT2D eigenvalue weighted by atomic mass is 9.82. The van der Waals surface area contributed by atoms with Crippen LogP contribution in [0.25, 0.3) is 0 Å². The Balaban J connectivity index is 2.21. The van der Waals surface area contributed by atoms with E-state index < -0.39 is 17.8 Å². The standard InChI is InChI=1S/C17H21NO3/c1-3-12-8-6-7-11(2)15(12)18-16(19)13-9-4-5-10-14(13)17(20)21/h4-8,13-14H,3,9-10H2,1-2H3,(H,18,19)(H,20,21)/p-1/t13-,14+/m1/s1. The smallest absolute Gasteiger partial charge is 0.228 e. The zero-order chi connectivity index (χ0) is 15.4. The Morgan fingerprint density at radius 1 is 1.24 bits per heavy atom. The molecule has 1 amide bonds. The van der Waals surface area contributed by atoms with E-state index >= 15 is 0 Å². The Morgan fingerprint density at radius 2 is 1.90 bits per heavy atom. The molecular weight excluding hydrogens is 266 g/mol. The third-order valence-corrected chi connectivity index (χ3v) is 4.06. The van der Waals surface area contributed by atoms with Crippen molar-refractivity contribution in [1.29, 1.82) is 0 Å². The van der Waals surface area contributed by atoms with Crippen LogP contribution in [-0.4, -0.2) is 11.9 Å². The van der Waals surface area contributed by atoms with Crippen LogP contribution in [0.3, 0.4) is 0 Å². The molecule has 4 nitrogen and oxygen atoms in total. The molecule has 0 aliphatic heterocycles. The Hall–Kier alpha value is -2.10. The predicted molar refractivity (Wildman–Crippen MR) is 79.5 cm³/mol. The molecule has 2 atom stereocenters. The molecular formula is C17H20NO3-. The molecule has 1 aliphatic carbocycles. The predicted octanol–water partition coefficient (Wildman–Crippen LogP) is 1.83. The summed E-state index contributed by atoms with van der Waals surface area (Å²) in [5.74, 6) is -2.70. The van der Waals surface area contributed by atoms with Gasteiger partial charge in [-0.3, -0.25) is 4.79 Å². The molecule has 1 aromatic rings. The van der Waals surface area contributed by atoms with Gasteiger partial charge in [0.05, 0.1) is 5.92 Å². The molecule has 0 saturated heterocycles. The fourth-order valence-corrected chi connectivity index (χ4v) is 2.78. The summed E-state index contributed by atoms with van der Waals surface area (Å²) in [5.41, 5.74) is 2.84. The van der Waals surface area contributed by atoms with Gasteiger partial charge in [-0.1, -0.05) is 37.3 Å². The Labute approximate surface area is 124 Å². The van der Waals surface area contributed by atoms with E-state index in [4.69, 9.17) is 0 Å². The average molecular weight is 286 g/mol. The first-order valence-corrected chi connectivity index (χ1v) is 7.29. The van der Waals surface area contributed by atoms with Gasteiger partial charge in [-0.15, -0.1) is 0 Å². The SMILES string of the molecule is CCc1cccc(C)c1NC(=O)[C@@H]1CC=CC[C@@H]1C(=O)[O-]. The number of hydrogen-bond donors (Lipinski definition) is 1. The first-order chi connectivity index (χ1) is 10.0. The van der Waals surface area contributed by atoms with Crippen LogP contribution in [-0.2, 0) is 16.0 Å². The highest BCUT2D eigenvalue weighted by molar-refractivity contribution is 5.96. The Morgan fingerprint density at radius 3 is 2.52 bits per heavy atom. The molecule has 1 N–H and O–H groups in total. The molecule has 0 heterocycles. The zero-order valence-electron chi connectivity index (χ0n) is 12.4. The number of carbonyl (C=O) groups is 2. The molecule has 0 radical (unpaired) electrons. The van der Waals surface area contributed by atoms with E-state index in [1.165, 1.54) is 0 Å². The third kappa shape index (κ3) is 3.32. The molecule has 21 heavy (non-hydrogen) atoms. The number of rotatable bonds is 4. The van der Waals surface area contributed by atoms with Gasteiger partial charge in [-0.2, -0.15) is 0 Å². The fourth-order valence-electron chi connectivity index (χ4n) is 2.78. The number of hydrogen-bond acceptors (Lipinski definition) is 3. The summed E-state index contributed by atoms with van der Waals surface area (Å²) in [6.07, 6.45) is 5.27. The summed E-state index contributed by atoms with van der Waals surface area (Å²) in [6.45, 7) is 3.96. The third-order valence-electron chi connectivity index (χ3n) is 4.06. The van der Waals surface area contributed by atoms with Crippen molar-refractivity contribution < 1.29 is 14.7 Å². The maximum Gasteiger partial charge on any atom is 0.228 e. The molecule has 0 unspecified atom stereocenters. The van der Waals surface area contributed by atoms with Crippen molar-refractivity contribution >= 4 is 17.6 Å². The van der Waals surface area contributed by atoms with Crippen molar-refractivity contribution in [3.05, 3.63) is 41.5 Å². The highest BCUT2D eigenvalue weighted by Crippen LogP contribution is 2.28. The van der Waals surface area contributed by atoms with E-state index in [9.17, 15) is 14.7 Å². The Kier molecular flexibility index (Phi) is 4.78. The minimum absolute atomic E-state index is 0.238. The number of para-hydroxylation sites is 1. The number of nitrogens with one attached hydrogen (secondary N) is 1. The van der Waals surface area contributed by atoms with Gasteiger partial charge in [0.25, 0.3) is 0 Å². The zero-order valence-corrected chi connectivity index (χ0v) is 12.4. The molecule has 4 heteroatoms. The van der Waals surface area contributed by atoms with Gasteiger partial charge in [0.2, 0.25) is 5.91 Å². The van der Waals surface area contributed by atoms with Crippen LogP contribution in [0.2, 0.25) is 0 Å². The lowest BCUT2D eigenvalue weighted by molar-refractivity contribution is -0.313. The molecule has 2 rings (SSSR count). The second-order valence-corrected chi connectivity index (χ2v) is 5.43. The van der Waals surface area contributed by atoms with Gasteiger partial charge in [-0.25, -0.2) is 0 Å². The number of amides is 1. The van der Waals surface area contributed by atoms with Crippen molar-refractivity contribution in [2.24, 2.45) is 11.8 Å². The van der Waals surface area contributed by atoms with E-state index in [0.717, 1.165) is 23.2 Å². The molecule has 112 valence electrons. The summed E-state index contributed by atoms with van der Waals surface area (Å²) in [7, 11) is 0. The highest BCUT2D eigenvalue weighted by atomic mass is 16.4.